The van der Waals surface area contributed by atoms with E-state index in [1.165, 1.54) is 50.0 Å². The molecule has 3 heterocycles. The van der Waals surface area contributed by atoms with Crippen LogP contribution in [0.4, 0.5) is 0 Å². The Bertz CT molecular complexity index is 512. The highest BCUT2D eigenvalue weighted by atomic mass is 127. The second kappa shape index (κ2) is 13.2. The summed E-state index contributed by atoms with van der Waals surface area (Å²) in [7, 11) is 1.86. The van der Waals surface area contributed by atoms with Gasteiger partial charge in [0.2, 0.25) is 0 Å². The first-order valence-corrected chi connectivity index (χ1v) is 18.5. The van der Waals surface area contributed by atoms with Crippen molar-refractivity contribution in [3.8, 4) is 0 Å². The first kappa shape index (κ1) is 24.3. The average molecular weight is 610 g/mol. The molecule has 0 amide bonds. The summed E-state index contributed by atoms with van der Waals surface area (Å²) in [4.78, 5) is 3.30. The molecule has 0 fully saturated rings. The van der Waals surface area contributed by atoms with E-state index in [9.17, 15) is 0 Å². The summed E-state index contributed by atoms with van der Waals surface area (Å²) in [6.07, 6.45) is 8.11. The van der Waals surface area contributed by atoms with Gasteiger partial charge in [0.1, 0.15) is 0 Å². The maximum absolute atomic E-state index is 2.47. The SMILES string of the molecule is CCCCCSC1=C(SCCCCC)SC(C2SC3=C(CN(SI)C3)S2)S1. The lowest BCUT2D eigenvalue weighted by Crippen LogP contribution is -2.15. The van der Waals surface area contributed by atoms with Gasteiger partial charge in [-0.2, -0.15) is 0 Å². The molecular formula is C18H28INS7. The van der Waals surface area contributed by atoms with E-state index >= 15 is 0 Å². The van der Waals surface area contributed by atoms with E-state index in [1.807, 2.05) is 9.12 Å². The summed E-state index contributed by atoms with van der Waals surface area (Å²) in [6, 6.07) is 0. The molecule has 154 valence electrons. The molecule has 3 rings (SSSR count). The zero-order valence-electron chi connectivity index (χ0n) is 15.9. The fraction of sp³-hybridized carbons (Fsp3) is 0.778. The molecule has 1 nitrogen and oxygen atoms in total. The smallest absolute Gasteiger partial charge is 0.0824 e. The van der Waals surface area contributed by atoms with E-state index in [-0.39, 0.29) is 0 Å². The molecule has 0 aliphatic carbocycles. The number of halogens is 1. The van der Waals surface area contributed by atoms with Crippen LogP contribution in [-0.4, -0.2) is 38.1 Å². The van der Waals surface area contributed by atoms with Gasteiger partial charge in [-0.15, -0.1) is 70.6 Å². The summed E-state index contributed by atoms with van der Waals surface area (Å²) in [5, 5.41) is 0. The highest BCUT2D eigenvalue weighted by Crippen LogP contribution is 2.63. The third kappa shape index (κ3) is 7.32. The molecule has 27 heavy (non-hydrogen) atoms. The van der Waals surface area contributed by atoms with Gasteiger partial charge in [0.25, 0.3) is 0 Å². The van der Waals surface area contributed by atoms with Crippen molar-refractivity contribution in [3.63, 3.8) is 0 Å². The van der Waals surface area contributed by atoms with E-state index in [0.717, 1.165) is 13.1 Å². The predicted molar refractivity (Wildman–Crippen MR) is 149 cm³/mol. The van der Waals surface area contributed by atoms with Gasteiger partial charge >= 0.3 is 0 Å². The second-order valence-corrected chi connectivity index (χ2v) is 16.5. The summed E-state index contributed by atoms with van der Waals surface area (Å²) in [6.45, 7) is 6.91. The molecule has 0 radical (unpaired) electrons. The molecule has 0 spiro atoms. The fourth-order valence-corrected chi connectivity index (χ4v) is 14.6. The molecule has 0 N–H and O–H groups in total. The van der Waals surface area contributed by atoms with Crippen molar-refractivity contribution in [2.45, 2.75) is 61.5 Å². The van der Waals surface area contributed by atoms with Crippen LogP contribution < -0.4 is 0 Å². The molecule has 3 aliphatic rings. The van der Waals surface area contributed by atoms with Crippen molar-refractivity contribution in [1.82, 2.24) is 4.31 Å². The first-order chi connectivity index (χ1) is 13.2. The minimum absolute atomic E-state index is 0.689. The largest absolute Gasteiger partial charge is 0.232 e. The average Bonchev–Trinajstić information content (AvgIpc) is 3.35. The van der Waals surface area contributed by atoms with Gasteiger partial charge in [0.05, 0.1) is 17.6 Å². The molecule has 0 unspecified atom stereocenters. The standard InChI is InChI=1S/C18H28INS7/c1-3-5-7-9-21-15-16(22-10-8-6-4-2)26-18(25-15)17-23-13-11-20(27-19)12-14(13)24-17/h17-18H,3-12H2,1-2H3. The monoisotopic (exact) mass is 609 g/mol. The van der Waals surface area contributed by atoms with Gasteiger partial charge in [-0.25, -0.2) is 4.31 Å². The summed E-state index contributed by atoms with van der Waals surface area (Å²) < 4.78 is 7.14. The Morgan fingerprint density at radius 3 is 1.74 bits per heavy atom. The van der Waals surface area contributed by atoms with Crippen LogP contribution >= 0.6 is 101 Å². The van der Waals surface area contributed by atoms with Crippen LogP contribution in [0.25, 0.3) is 0 Å². The number of unbranched alkanes of at least 4 members (excludes halogenated alkanes) is 4. The van der Waals surface area contributed by atoms with Crippen LogP contribution in [0.2, 0.25) is 0 Å². The van der Waals surface area contributed by atoms with Crippen molar-refractivity contribution in [3.05, 3.63) is 18.3 Å². The molecule has 0 aromatic heterocycles. The minimum Gasteiger partial charge on any atom is -0.232 e. The number of nitrogens with zero attached hydrogens (tertiary/aromatic N) is 1. The molecule has 9 heteroatoms. The van der Waals surface area contributed by atoms with Gasteiger partial charge < -0.3 is 0 Å². The molecule has 0 aromatic carbocycles. The highest BCUT2D eigenvalue weighted by Gasteiger charge is 2.41. The van der Waals surface area contributed by atoms with Crippen molar-refractivity contribution in [2.24, 2.45) is 0 Å². The summed E-state index contributed by atoms with van der Waals surface area (Å²) in [5.74, 6) is 2.59. The Morgan fingerprint density at radius 2 is 1.30 bits per heavy atom. The van der Waals surface area contributed by atoms with Gasteiger partial charge in [-0.05, 0) is 33.5 Å². The second-order valence-electron chi connectivity index (χ2n) is 6.61. The van der Waals surface area contributed by atoms with Crippen LogP contribution in [0, 0.1) is 0 Å². The summed E-state index contributed by atoms with van der Waals surface area (Å²) >= 11 is 15.4. The first-order valence-electron chi connectivity index (χ1n) is 9.67. The Labute approximate surface area is 207 Å². The topological polar surface area (TPSA) is 3.24 Å². The van der Waals surface area contributed by atoms with Crippen LogP contribution in [-0.2, 0) is 0 Å². The van der Waals surface area contributed by atoms with E-state index in [1.54, 1.807) is 18.3 Å². The predicted octanol–water partition coefficient (Wildman–Crippen LogP) is 9.10. The van der Waals surface area contributed by atoms with Gasteiger partial charge in [-0.1, -0.05) is 39.5 Å². The lowest BCUT2D eigenvalue weighted by atomic mass is 10.3. The van der Waals surface area contributed by atoms with Crippen LogP contribution in [0.15, 0.2) is 18.3 Å². The van der Waals surface area contributed by atoms with E-state index in [2.05, 4.69) is 110 Å². The van der Waals surface area contributed by atoms with Crippen LogP contribution in [0.5, 0.6) is 0 Å². The summed E-state index contributed by atoms with van der Waals surface area (Å²) in [5.41, 5.74) is 0. The number of rotatable bonds is 12. The van der Waals surface area contributed by atoms with E-state index in [4.69, 9.17) is 0 Å². The van der Waals surface area contributed by atoms with Crippen molar-refractivity contribution >= 4 is 101 Å². The van der Waals surface area contributed by atoms with Crippen molar-refractivity contribution < 1.29 is 0 Å². The third-order valence-electron chi connectivity index (χ3n) is 4.36. The molecular weight excluding hydrogens is 582 g/mol. The zero-order chi connectivity index (χ0) is 19.1. The molecule has 3 aliphatic heterocycles. The molecule has 0 saturated heterocycles. The van der Waals surface area contributed by atoms with Gasteiger partial charge in [0, 0.05) is 44.1 Å². The zero-order valence-corrected chi connectivity index (χ0v) is 23.8. The minimum atomic E-state index is 0.689. The highest BCUT2D eigenvalue weighted by molar-refractivity contribution is 14.2. The van der Waals surface area contributed by atoms with E-state index in [0.29, 0.717) is 9.16 Å². The third-order valence-corrected chi connectivity index (χ3v) is 16.4. The Balaban J connectivity index is 1.50. The molecule has 0 atom stereocenters. The quantitative estimate of drug-likeness (QED) is 0.121. The van der Waals surface area contributed by atoms with Crippen molar-refractivity contribution in [2.75, 3.05) is 24.6 Å². The molecule has 0 aromatic rings. The lowest BCUT2D eigenvalue weighted by Gasteiger charge is -2.20. The fourth-order valence-electron chi connectivity index (χ4n) is 2.89. The maximum Gasteiger partial charge on any atom is 0.0824 e. The normalized spacial score (nSPS) is 21.9. The Hall–Kier alpha value is 2.62. The van der Waals surface area contributed by atoms with Crippen molar-refractivity contribution in [1.29, 1.82) is 0 Å². The number of hydrogen-bond acceptors (Lipinski definition) is 8. The van der Waals surface area contributed by atoms with Crippen LogP contribution in [0.1, 0.15) is 52.4 Å². The Kier molecular flexibility index (Phi) is 11.9. The number of hydrogen-bond donors (Lipinski definition) is 0. The van der Waals surface area contributed by atoms with Gasteiger partial charge in [0.15, 0.2) is 0 Å². The number of thioether (sulfide) groups is 6. The van der Waals surface area contributed by atoms with E-state index < -0.39 is 0 Å². The molecule has 0 saturated carbocycles. The van der Waals surface area contributed by atoms with Crippen LogP contribution in [0.3, 0.4) is 0 Å². The van der Waals surface area contributed by atoms with Gasteiger partial charge in [-0.3, -0.25) is 0 Å². The molecule has 0 bridgehead atoms. The lowest BCUT2D eigenvalue weighted by molar-refractivity contribution is 0.613. The Morgan fingerprint density at radius 1 is 0.815 bits per heavy atom. The maximum atomic E-state index is 2.47.